The smallest absolute Gasteiger partial charge is 0.215 e. The Labute approximate surface area is 139 Å². The monoisotopic (exact) mass is 348 g/mol. The molecule has 1 unspecified atom stereocenters. The molecular weight excluding hydrogens is 324 g/mol. The van der Waals surface area contributed by atoms with Crippen LogP contribution < -0.4 is 14.8 Å². The summed E-state index contributed by atoms with van der Waals surface area (Å²) < 4.78 is 32.0. The van der Waals surface area contributed by atoms with Crippen molar-refractivity contribution >= 4 is 22.4 Å². The van der Waals surface area contributed by atoms with Crippen LogP contribution in [0.4, 0.5) is 0 Å². The molecule has 2 rings (SSSR count). The minimum absolute atomic E-state index is 0. The fraction of sp³-hybridized carbons (Fsp3) is 0.600. The highest BCUT2D eigenvalue weighted by atomic mass is 35.5. The first-order valence-electron chi connectivity index (χ1n) is 7.40. The molecule has 1 aromatic rings. The molecule has 5 nitrogen and oxygen atoms in total. The zero-order chi connectivity index (χ0) is 15.1. The van der Waals surface area contributed by atoms with Gasteiger partial charge in [-0.05, 0) is 56.0 Å². The first-order chi connectivity index (χ1) is 10.1. The number of hydrogen-bond acceptors (Lipinski definition) is 4. The number of methoxy groups -OCH3 is 1. The molecule has 0 bridgehead atoms. The average molecular weight is 349 g/mol. The third-order valence-electron chi connectivity index (χ3n) is 3.76. The molecule has 1 saturated heterocycles. The Kier molecular flexibility index (Phi) is 8.17. The van der Waals surface area contributed by atoms with Crippen molar-refractivity contribution in [1.82, 2.24) is 10.0 Å². The number of rotatable bonds is 7. The maximum atomic E-state index is 12.1. The van der Waals surface area contributed by atoms with Crippen molar-refractivity contribution in [1.29, 1.82) is 0 Å². The number of hydrogen-bond donors (Lipinski definition) is 2. The van der Waals surface area contributed by atoms with E-state index in [0.29, 0.717) is 18.2 Å². The van der Waals surface area contributed by atoms with Gasteiger partial charge in [-0.2, -0.15) is 0 Å². The number of sulfonamides is 1. The second kappa shape index (κ2) is 9.35. The van der Waals surface area contributed by atoms with Crippen molar-refractivity contribution in [3.05, 3.63) is 29.8 Å². The fourth-order valence-corrected chi connectivity index (χ4v) is 3.77. The largest absolute Gasteiger partial charge is 0.497 e. The topological polar surface area (TPSA) is 67.4 Å². The number of benzene rings is 1. The van der Waals surface area contributed by atoms with E-state index in [1.165, 1.54) is 12.8 Å². The zero-order valence-corrected chi connectivity index (χ0v) is 14.5. The molecule has 0 spiro atoms. The number of piperidine rings is 1. The highest BCUT2D eigenvalue weighted by Gasteiger charge is 2.15. The normalized spacial score (nSPS) is 18.5. The molecule has 0 aromatic heterocycles. The third-order valence-corrected chi connectivity index (χ3v) is 5.12. The van der Waals surface area contributed by atoms with Gasteiger partial charge >= 0.3 is 0 Å². The van der Waals surface area contributed by atoms with Crippen molar-refractivity contribution in [2.75, 3.05) is 26.7 Å². The first kappa shape index (κ1) is 19.2. The molecule has 1 fully saturated rings. The Balaban J connectivity index is 0.00000242. The van der Waals surface area contributed by atoms with Crippen LogP contribution in [-0.2, 0) is 15.8 Å². The van der Waals surface area contributed by atoms with E-state index in [4.69, 9.17) is 4.74 Å². The maximum Gasteiger partial charge on any atom is 0.215 e. The molecule has 2 N–H and O–H groups in total. The van der Waals surface area contributed by atoms with Crippen LogP contribution in [0, 0.1) is 5.92 Å². The van der Waals surface area contributed by atoms with Crippen LogP contribution in [0.3, 0.4) is 0 Å². The average Bonchev–Trinajstić information content (AvgIpc) is 2.48. The van der Waals surface area contributed by atoms with Crippen LogP contribution in [0.15, 0.2) is 24.3 Å². The predicted octanol–water partition coefficient (Wildman–Crippen LogP) is 1.93. The van der Waals surface area contributed by atoms with Gasteiger partial charge in [0.15, 0.2) is 0 Å². The number of nitrogens with one attached hydrogen (secondary N) is 2. The third kappa shape index (κ3) is 6.52. The molecule has 1 heterocycles. The highest BCUT2D eigenvalue weighted by molar-refractivity contribution is 7.88. The summed E-state index contributed by atoms with van der Waals surface area (Å²) in [6.07, 6.45) is 3.26. The van der Waals surface area contributed by atoms with Crippen molar-refractivity contribution in [2.45, 2.75) is 25.0 Å². The zero-order valence-electron chi connectivity index (χ0n) is 12.9. The lowest BCUT2D eigenvalue weighted by Gasteiger charge is -2.22. The molecule has 0 amide bonds. The summed E-state index contributed by atoms with van der Waals surface area (Å²) in [6.45, 7) is 2.59. The Hall–Kier alpha value is -0.820. The Bertz CT molecular complexity index is 545. The molecule has 0 saturated carbocycles. The lowest BCUT2D eigenvalue weighted by atomic mass is 9.96. The lowest BCUT2D eigenvalue weighted by Crippen LogP contribution is -2.33. The summed E-state index contributed by atoms with van der Waals surface area (Å²) in [5, 5.41) is 3.34. The number of ether oxygens (including phenoxy) is 1. The Morgan fingerprint density at radius 1 is 1.41 bits per heavy atom. The molecule has 7 heteroatoms. The molecule has 126 valence electrons. The summed E-state index contributed by atoms with van der Waals surface area (Å²) in [7, 11) is -1.71. The highest BCUT2D eigenvalue weighted by Crippen LogP contribution is 2.15. The van der Waals surface area contributed by atoms with Gasteiger partial charge in [-0.1, -0.05) is 12.1 Å². The first-order valence-corrected chi connectivity index (χ1v) is 9.05. The van der Waals surface area contributed by atoms with Gasteiger partial charge in [0.1, 0.15) is 5.75 Å². The molecule has 1 aliphatic heterocycles. The van der Waals surface area contributed by atoms with Crippen molar-refractivity contribution in [3.8, 4) is 5.75 Å². The second-order valence-electron chi connectivity index (χ2n) is 5.51. The fourth-order valence-electron chi connectivity index (χ4n) is 2.62. The van der Waals surface area contributed by atoms with Gasteiger partial charge in [0.25, 0.3) is 0 Å². The van der Waals surface area contributed by atoms with Gasteiger partial charge in [0.05, 0.1) is 12.9 Å². The number of halogens is 1. The second-order valence-corrected chi connectivity index (χ2v) is 7.31. The standard InChI is InChI=1S/C15H24N2O3S.ClH/c1-20-15-6-2-4-14(10-15)12-21(18,19)17-9-7-13-5-3-8-16-11-13;/h2,4,6,10,13,16-17H,3,5,7-9,11-12H2,1H3;1H. The molecule has 22 heavy (non-hydrogen) atoms. The van der Waals surface area contributed by atoms with Crippen molar-refractivity contribution < 1.29 is 13.2 Å². The van der Waals surface area contributed by atoms with Gasteiger partial charge in [0, 0.05) is 6.54 Å². The van der Waals surface area contributed by atoms with E-state index in [0.717, 1.165) is 25.1 Å². The van der Waals surface area contributed by atoms with Crippen LogP contribution >= 0.6 is 12.4 Å². The van der Waals surface area contributed by atoms with Crippen LogP contribution in [0.5, 0.6) is 5.75 Å². The van der Waals surface area contributed by atoms with E-state index < -0.39 is 10.0 Å². The van der Waals surface area contributed by atoms with E-state index in [-0.39, 0.29) is 18.2 Å². The molecule has 1 atom stereocenters. The lowest BCUT2D eigenvalue weighted by molar-refractivity contribution is 0.358. The van der Waals surface area contributed by atoms with E-state index in [2.05, 4.69) is 10.0 Å². The maximum absolute atomic E-state index is 12.1. The summed E-state index contributed by atoms with van der Waals surface area (Å²) in [4.78, 5) is 0. The van der Waals surface area contributed by atoms with E-state index in [9.17, 15) is 8.42 Å². The molecule has 0 radical (unpaired) electrons. The van der Waals surface area contributed by atoms with E-state index in [1.807, 2.05) is 0 Å². The molecule has 1 aliphatic rings. The van der Waals surface area contributed by atoms with Crippen molar-refractivity contribution in [3.63, 3.8) is 0 Å². The summed E-state index contributed by atoms with van der Waals surface area (Å²) in [5.74, 6) is 1.25. The van der Waals surface area contributed by atoms with Crippen LogP contribution in [0.25, 0.3) is 0 Å². The Morgan fingerprint density at radius 3 is 2.91 bits per heavy atom. The summed E-state index contributed by atoms with van der Waals surface area (Å²) in [5.41, 5.74) is 0.737. The van der Waals surface area contributed by atoms with Crippen LogP contribution in [-0.4, -0.2) is 35.2 Å². The van der Waals surface area contributed by atoms with Gasteiger partial charge in [-0.25, -0.2) is 13.1 Å². The SMILES string of the molecule is COc1cccc(CS(=O)(=O)NCCC2CCCNC2)c1.Cl. The summed E-state index contributed by atoms with van der Waals surface area (Å²) >= 11 is 0. The minimum atomic E-state index is -3.29. The van der Waals surface area contributed by atoms with Gasteiger partial charge in [0.2, 0.25) is 10.0 Å². The van der Waals surface area contributed by atoms with Crippen LogP contribution in [0.2, 0.25) is 0 Å². The minimum Gasteiger partial charge on any atom is -0.497 e. The molecule has 1 aromatic carbocycles. The predicted molar refractivity (Wildman–Crippen MR) is 91.1 cm³/mol. The molecular formula is C15H25ClN2O3S. The van der Waals surface area contributed by atoms with E-state index >= 15 is 0 Å². The van der Waals surface area contributed by atoms with Crippen LogP contribution in [0.1, 0.15) is 24.8 Å². The molecule has 0 aliphatic carbocycles. The van der Waals surface area contributed by atoms with Gasteiger partial charge in [-0.15, -0.1) is 12.4 Å². The summed E-state index contributed by atoms with van der Waals surface area (Å²) in [6, 6.07) is 7.16. The van der Waals surface area contributed by atoms with E-state index in [1.54, 1.807) is 31.4 Å². The van der Waals surface area contributed by atoms with Gasteiger partial charge in [-0.3, -0.25) is 0 Å². The Morgan fingerprint density at radius 2 is 2.23 bits per heavy atom. The van der Waals surface area contributed by atoms with Gasteiger partial charge < -0.3 is 10.1 Å². The van der Waals surface area contributed by atoms with Crippen molar-refractivity contribution in [2.24, 2.45) is 5.92 Å². The quantitative estimate of drug-likeness (QED) is 0.790.